The van der Waals surface area contributed by atoms with Crippen LogP contribution in [-0.4, -0.2) is 56.7 Å². The molecule has 0 amide bonds. The molecule has 4 atom stereocenters. The lowest BCUT2D eigenvalue weighted by Gasteiger charge is -2.22. The van der Waals surface area contributed by atoms with Crippen LogP contribution in [0.3, 0.4) is 0 Å². The summed E-state index contributed by atoms with van der Waals surface area (Å²) in [5.74, 6) is -2.85. The molecule has 0 rings (SSSR count). The van der Waals surface area contributed by atoms with E-state index in [0.29, 0.717) is 0 Å². The van der Waals surface area contributed by atoms with Gasteiger partial charge in [0, 0.05) is 6.42 Å². The molecule has 0 bridgehead atoms. The molecule has 8 nitrogen and oxygen atoms in total. The predicted molar refractivity (Wildman–Crippen MR) is 47.9 cm³/mol. The number of hydrogen-bond donors (Lipinski definition) is 6. The predicted octanol–water partition coefficient (Wildman–Crippen LogP) is -3.08. The second-order valence-corrected chi connectivity index (χ2v) is 3.10. The third kappa shape index (κ3) is 4.21. The van der Waals surface area contributed by atoms with Crippen LogP contribution in [0.15, 0.2) is 0 Å². The number of aliphatic carboxylic acids is 2. The Morgan fingerprint density at radius 1 is 1.07 bits per heavy atom. The highest BCUT2D eigenvalue weighted by Gasteiger charge is 2.31. The van der Waals surface area contributed by atoms with Gasteiger partial charge >= 0.3 is 11.9 Å². The molecule has 8 heteroatoms. The van der Waals surface area contributed by atoms with E-state index in [1.54, 1.807) is 0 Å². The van der Waals surface area contributed by atoms with Crippen LogP contribution in [0.25, 0.3) is 0 Å². The third-order valence-electron chi connectivity index (χ3n) is 1.86. The molecule has 88 valence electrons. The van der Waals surface area contributed by atoms with Crippen LogP contribution in [0.4, 0.5) is 0 Å². The van der Waals surface area contributed by atoms with Gasteiger partial charge in [-0.05, 0) is 0 Å². The summed E-state index contributed by atoms with van der Waals surface area (Å²) in [7, 11) is 0. The summed E-state index contributed by atoms with van der Waals surface area (Å²) in [6, 6.07) is -3.06. The Bertz CT molecular complexity index is 246. The monoisotopic (exact) mass is 222 g/mol. The van der Waals surface area contributed by atoms with Crippen LogP contribution >= 0.6 is 0 Å². The van der Waals surface area contributed by atoms with Crippen LogP contribution in [0, 0.1) is 0 Å². The molecule has 0 saturated carbocycles. The molecular formula is C7H14N2O6. The number of rotatable bonds is 6. The first-order valence-corrected chi connectivity index (χ1v) is 4.10. The molecule has 0 spiro atoms. The molecule has 0 heterocycles. The van der Waals surface area contributed by atoms with Gasteiger partial charge in [0.1, 0.15) is 18.2 Å². The maximum atomic E-state index is 10.3. The van der Waals surface area contributed by atoms with Crippen molar-refractivity contribution in [3.8, 4) is 0 Å². The minimum atomic E-state index is -1.76. The Hall–Kier alpha value is -1.22. The maximum absolute atomic E-state index is 10.3. The molecule has 2 unspecified atom stereocenters. The maximum Gasteiger partial charge on any atom is 0.323 e. The average Bonchev–Trinajstić information content (AvgIpc) is 2.14. The van der Waals surface area contributed by atoms with Gasteiger partial charge in [-0.15, -0.1) is 0 Å². The molecule has 0 aliphatic carbocycles. The highest BCUT2D eigenvalue weighted by Crippen LogP contribution is 2.05. The molecule has 0 aromatic rings. The summed E-state index contributed by atoms with van der Waals surface area (Å²) in [5.41, 5.74) is 10.1. The van der Waals surface area contributed by atoms with Crippen molar-refractivity contribution < 1.29 is 30.0 Å². The number of carboxylic acids is 2. The minimum Gasteiger partial charge on any atom is -0.480 e. The van der Waals surface area contributed by atoms with Gasteiger partial charge in [0.2, 0.25) is 0 Å². The zero-order chi connectivity index (χ0) is 12.2. The van der Waals surface area contributed by atoms with Crippen LogP contribution in [0.5, 0.6) is 0 Å². The molecule has 0 radical (unpaired) electrons. The van der Waals surface area contributed by atoms with E-state index >= 15 is 0 Å². The van der Waals surface area contributed by atoms with E-state index in [1.807, 2.05) is 0 Å². The molecule has 15 heavy (non-hydrogen) atoms. The number of aliphatic hydroxyl groups excluding tert-OH is 2. The normalized spacial score (nSPS) is 18.9. The fourth-order valence-corrected chi connectivity index (χ4v) is 0.886. The van der Waals surface area contributed by atoms with Crippen molar-refractivity contribution >= 4 is 11.9 Å². The van der Waals surface area contributed by atoms with Crippen LogP contribution in [-0.2, 0) is 9.59 Å². The highest BCUT2D eigenvalue weighted by atomic mass is 16.4. The highest BCUT2D eigenvalue weighted by molar-refractivity contribution is 5.74. The molecular weight excluding hydrogens is 208 g/mol. The van der Waals surface area contributed by atoms with Gasteiger partial charge in [0.15, 0.2) is 0 Å². The summed E-state index contributed by atoms with van der Waals surface area (Å²) in [6.45, 7) is 0. The standard InChI is InChI=1S/C7H14N2O6/c8-2(6(12)13)1-3(10)5(11)4(9)7(14)15/h2-5,10-11H,1,8-9H2,(H,12,13)(H,14,15)/t2-,3?,4+,5?/m0/s1. The summed E-state index contributed by atoms with van der Waals surface area (Å²) >= 11 is 0. The Kier molecular flexibility index (Phi) is 5.15. The lowest BCUT2D eigenvalue weighted by atomic mass is 10.0. The number of carbonyl (C=O) groups is 2. The van der Waals surface area contributed by atoms with Gasteiger partial charge < -0.3 is 31.9 Å². The van der Waals surface area contributed by atoms with Crippen molar-refractivity contribution in [1.82, 2.24) is 0 Å². The third-order valence-corrected chi connectivity index (χ3v) is 1.86. The lowest BCUT2D eigenvalue weighted by molar-refractivity contribution is -0.144. The molecule has 0 aromatic carbocycles. The summed E-state index contributed by atoms with van der Waals surface area (Å²) in [4.78, 5) is 20.6. The summed E-state index contributed by atoms with van der Waals surface area (Å²) in [5, 5.41) is 35.2. The van der Waals surface area contributed by atoms with Gasteiger partial charge in [0.25, 0.3) is 0 Å². The number of hydrogen-bond acceptors (Lipinski definition) is 6. The fraction of sp³-hybridized carbons (Fsp3) is 0.714. The molecule has 0 saturated heterocycles. The van der Waals surface area contributed by atoms with Crippen molar-refractivity contribution in [1.29, 1.82) is 0 Å². The first kappa shape index (κ1) is 13.8. The second-order valence-electron chi connectivity index (χ2n) is 3.10. The van der Waals surface area contributed by atoms with E-state index in [2.05, 4.69) is 0 Å². The van der Waals surface area contributed by atoms with Crippen LogP contribution < -0.4 is 11.5 Å². The van der Waals surface area contributed by atoms with E-state index in [-0.39, 0.29) is 0 Å². The van der Waals surface area contributed by atoms with E-state index < -0.39 is 42.7 Å². The smallest absolute Gasteiger partial charge is 0.323 e. The van der Waals surface area contributed by atoms with Crippen molar-refractivity contribution in [3.63, 3.8) is 0 Å². The minimum absolute atomic E-state index is 0.475. The van der Waals surface area contributed by atoms with E-state index in [0.717, 1.165) is 0 Å². The van der Waals surface area contributed by atoms with Gasteiger partial charge in [-0.3, -0.25) is 9.59 Å². The van der Waals surface area contributed by atoms with Crippen molar-refractivity contribution in [2.45, 2.75) is 30.7 Å². The summed E-state index contributed by atoms with van der Waals surface area (Å²) < 4.78 is 0. The van der Waals surface area contributed by atoms with Gasteiger partial charge in [-0.1, -0.05) is 0 Å². The average molecular weight is 222 g/mol. The van der Waals surface area contributed by atoms with Crippen molar-refractivity contribution in [2.24, 2.45) is 11.5 Å². The number of nitrogens with two attached hydrogens (primary N) is 2. The number of aliphatic hydroxyl groups is 2. The fourth-order valence-electron chi connectivity index (χ4n) is 0.886. The lowest BCUT2D eigenvalue weighted by Crippen LogP contribution is -2.50. The molecule has 0 aliphatic heterocycles. The first-order valence-electron chi connectivity index (χ1n) is 4.10. The van der Waals surface area contributed by atoms with Crippen LogP contribution in [0.2, 0.25) is 0 Å². The Morgan fingerprint density at radius 3 is 1.87 bits per heavy atom. The van der Waals surface area contributed by atoms with Crippen LogP contribution in [0.1, 0.15) is 6.42 Å². The largest absolute Gasteiger partial charge is 0.480 e. The molecule has 0 aliphatic rings. The zero-order valence-electron chi connectivity index (χ0n) is 7.78. The number of carboxylic acid groups (broad SMARTS) is 2. The van der Waals surface area contributed by atoms with Crippen molar-refractivity contribution in [3.05, 3.63) is 0 Å². The van der Waals surface area contributed by atoms with Gasteiger partial charge in [-0.25, -0.2) is 0 Å². The Balaban J connectivity index is 4.26. The van der Waals surface area contributed by atoms with Crippen molar-refractivity contribution in [2.75, 3.05) is 0 Å². The molecule has 0 fully saturated rings. The second kappa shape index (κ2) is 5.61. The Labute approximate surface area is 85.1 Å². The molecule has 0 aromatic heterocycles. The topological polar surface area (TPSA) is 167 Å². The van der Waals surface area contributed by atoms with Gasteiger partial charge in [-0.2, -0.15) is 0 Å². The first-order chi connectivity index (χ1) is 6.77. The van der Waals surface area contributed by atoms with E-state index in [1.165, 1.54) is 0 Å². The Morgan fingerprint density at radius 2 is 1.53 bits per heavy atom. The zero-order valence-corrected chi connectivity index (χ0v) is 7.78. The van der Waals surface area contributed by atoms with Gasteiger partial charge in [0.05, 0.1) is 6.10 Å². The quantitative estimate of drug-likeness (QED) is 0.275. The SMILES string of the molecule is N[C@@H](CC(O)C(O)[C@@H](N)C(=O)O)C(=O)O. The van der Waals surface area contributed by atoms with E-state index in [4.69, 9.17) is 21.7 Å². The summed E-state index contributed by atoms with van der Waals surface area (Å²) in [6.07, 6.45) is -3.83. The molecule has 8 N–H and O–H groups in total. The van der Waals surface area contributed by atoms with E-state index in [9.17, 15) is 19.8 Å².